The molecule has 1 rings (SSSR count). The molecule has 0 spiro atoms. The van der Waals surface area contributed by atoms with Crippen LogP contribution >= 0.6 is 0 Å². The van der Waals surface area contributed by atoms with Crippen LogP contribution in [0.1, 0.15) is 50.9 Å². The third-order valence-corrected chi connectivity index (χ3v) is 2.87. The third kappa shape index (κ3) is 2.94. The molecule has 1 heterocycles. The Bertz CT molecular complexity index is 373. The molecule has 0 saturated carbocycles. The van der Waals surface area contributed by atoms with Crippen LogP contribution in [0.5, 0.6) is 0 Å². The zero-order valence-electron chi connectivity index (χ0n) is 11.7. The molecule has 0 saturated heterocycles. The molecule has 2 N–H and O–H groups in total. The number of nitrogens with two attached hydrogens (primary N) is 1. The van der Waals surface area contributed by atoms with Crippen molar-refractivity contribution in [1.82, 2.24) is 9.97 Å². The first-order valence-electron chi connectivity index (χ1n) is 5.97. The van der Waals surface area contributed by atoms with Crippen LogP contribution in [0.3, 0.4) is 0 Å². The normalized spacial score (nSPS) is 13.8. The Morgan fingerprint density at radius 1 is 1.29 bits per heavy atom. The number of ether oxygens (including phenoxy) is 1. The molecule has 0 aliphatic carbocycles. The monoisotopic (exact) mass is 237 g/mol. The number of aromatic nitrogens is 2. The Hall–Kier alpha value is -1.16. The van der Waals surface area contributed by atoms with E-state index in [1.165, 1.54) is 0 Å². The topological polar surface area (TPSA) is 61.0 Å². The van der Waals surface area contributed by atoms with Crippen LogP contribution in [-0.2, 0) is 11.2 Å². The van der Waals surface area contributed by atoms with Gasteiger partial charge in [0.25, 0.3) is 0 Å². The summed E-state index contributed by atoms with van der Waals surface area (Å²) >= 11 is 0. The zero-order valence-corrected chi connectivity index (χ0v) is 11.7. The molecule has 1 aromatic heterocycles. The van der Waals surface area contributed by atoms with Crippen molar-refractivity contribution in [3.63, 3.8) is 0 Å². The van der Waals surface area contributed by atoms with Crippen molar-refractivity contribution in [3.8, 4) is 0 Å². The molecular formula is C13H23N3O. The number of methoxy groups -OCH3 is 1. The van der Waals surface area contributed by atoms with Crippen LogP contribution in [0.4, 0.5) is 5.82 Å². The van der Waals surface area contributed by atoms with E-state index < -0.39 is 0 Å². The number of hydrogen-bond acceptors (Lipinski definition) is 4. The fourth-order valence-electron chi connectivity index (χ4n) is 2.04. The number of hydrogen-bond donors (Lipinski definition) is 1. The summed E-state index contributed by atoms with van der Waals surface area (Å²) in [6.07, 6.45) is 0.708. The van der Waals surface area contributed by atoms with E-state index >= 15 is 0 Å². The number of anilines is 1. The van der Waals surface area contributed by atoms with Crippen LogP contribution in [0.2, 0.25) is 0 Å². The molecule has 0 amide bonds. The summed E-state index contributed by atoms with van der Waals surface area (Å²) in [4.78, 5) is 8.91. The highest BCUT2D eigenvalue weighted by atomic mass is 16.5. The molecule has 0 fully saturated rings. The van der Waals surface area contributed by atoms with Crippen LogP contribution in [0.25, 0.3) is 0 Å². The van der Waals surface area contributed by atoms with E-state index in [0.717, 1.165) is 17.7 Å². The first-order chi connectivity index (χ1) is 7.81. The van der Waals surface area contributed by atoms with Gasteiger partial charge in [0.2, 0.25) is 0 Å². The SMILES string of the molecule is CCc1c(C)nc(C(OC)C(C)(C)C)nc1N. The van der Waals surface area contributed by atoms with Gasteiger partial charge in [-0.3, -0.25) is 0 Å². The van der Waals surface area contributed by atoms with E-state index in [-0.39, 0.29) is 11.5 Å². The van der Waals surface area contributed by atoms with Crippen molar-refractivity contribution >= 4 is 5.82 Å². The summed E-state index contributed by atoms with van der Waals surface area (Å²) in [5.74, 6) is 1.24. The van der Waals surface area contributed by atoms with Crippen LogP contribution in [-0.4, -0.2) is 17.1 Å². The summed E-state index contributed by atoms with van der Waals surface area (Å²) in [6, 6.07) is 0. The summed E-state index contributed by atoms with van der Waals surface area (Å²) in [6.45, 7) is 10.3. The second kappa shape index (κ2) is 5.00. The number of aryl methyl sites for hydroxylation is 1. The average molecular weight is 237 g/mol. The van der Waals surface area contributed by atoms with Crippen LogP contribution in [0, 0.1) is 12.3 Å². The molecule has 0 aromatic carbocycles. The molecule has 1 unspecified atom stereocenters. The lowest BCUT2D eigenvalue weighted by molar-refractivity contribution is 0.00863. The summed E-state index contributed by atoms with van der Waals surface area (Å²) in [5.41, 5.74) is 7.88. The van der Waals surface area contributed by atoms with Gasteiger partial charge >= 0.3 is 0 Å². The van der Waals surface area contributed by atoms with Crippen molar-refractivity contribution in [2.24, 2.45) is 5.41 Å². The lowest BCUT2D eigenvalue weighted by atomic mass is 9.88. The van der Waals surface area contributed by atoms with Gasteiger partial charge in [-0.1, -0.05) is 27.7 Å². The number of nitrogen functional groups attached to an aromatic ring is 1. The predicted octanol–water partition coefficient (Wildman–Crippen LogP) is 2.66. The molecule has 0 bridgehead atoms. The predicted molar refractivity (Wildman–Crippen MR) is 69.8 cm³/mol. The fraction of sp³-hybridized carbons (Fsp3) is 0.692. The summed E-state index contributed by atoms with van der Waals surface area (Å²) in [7, 11) is 1.68. The van der Waals surface area contributed by atoms with Gasteiger partial charge in [-0.15, -0.1) is 0 Å². The minimum atomic E-state index is -0.144. The van der Waals surface area contributed by atoms with Gasteiger partial charge in [0, 0.05) is 18.4 Å². The Labute approximate surface area is 104 Å². The highest BCUT2D eigenvalue weighted by Gasteiger charge is 2.29. The Kier molecular flexibility index (Phi) is 4.09. The van der Waals surface area contributed by atoms with Crippen molar-refractivity contribution < 1.29 is 4.74 Å². The quantitative estimate of drug-likeness (QED) is 0.878. The lowest BCUT2D eigenvalue weighted by Gasteiger charge is -2.28. The van der Waals surface area contributed by atoms with Gasteiger partial charge in [-0.2, -0.15) is 0 Å². The van der Waals surface area contributed by atoms with Crippen molar-refractivity contribution in [1.29, 1.82) is 0 Å². The zero-order chi connectivity index (χ0) is 13.2. The molecule has 1 atom stereocenters. The van der Waals surface area contributed by atoms with Crippen molar-refractivity contribution in [2.45, 2.75) is 47.1 Å². The Morgan fingerprint density at radius 2 is 1.88 bits per heavy atom. The molecule has 17 heavy (non-hydrogen) atoms. The van der Waals surface area contributed by atoms with Gasteiger partial charge in [0.05, 0.1) is 0 Å². The molecule has 96 valence electrons. The van der Waals surface area contributed by atoms with E-state index in [0.29, 0.717) is 11.6 Å². The maximum atomic E-state index is 5.96. The second-order valence-electron chi connectivity index (χ2n) is 5.37. The van der Waals surface area contributed by atoms with E-state index in [1.54, 1.807) is 7.11 Å². The first kappa shape index (κ1) is 13.9. The van der Waals surface area contributed by atoms with Crippen LogP contribution in [0.15, 0.2) is 0 Å². The van der Waals surface area contributed by atoms with E-state index in [4.69, 9.17) is 10.5 Å². The van der Waals surface area contributed by atoms with E-state index in [1.807, 2.05) is 6.92 Å². The Balaban J connectivity index is 3.24. The van der Waals surface area contributed by atoms with Crippen LogP contribution < -0.4 is 5.73 Å². The highest BCUT2D eigenvalue weighted by Crippen LogP contribution is 2.34. The number of nitrogens with zero attached hydrogens (tertiary/aromatic N) is 2. The molecule has 0 aliphatic rings. The standard InChI is InChI=1S/C13H23N3O/c1-7-9-8(2)15-12(16-11(9)14)10(17-6)13(3,4)5/h10H,7H2,1-6H3,(H2,14,15,16). The highest BCUT2D eigenvalue weighted by molar-refractivity contribution is 5.42. The van der Waals surface area contributed by atoms with E-state index in [9.17, 15) is 0 Å². The van der Waals surface area contributed by atoms with Gasteiger partial charge in [-0.05, 0) is 18.8 Å². The maximum Gasteiger partial charge on any atom is 0.160 e. The molecule has 0 aliphatic heterocycles. The van der Waals surface area contributed by atoms with Crippen molar-refractivity contribution in [3.05, 3.63) is 17.1 Å². The second-order valence-corrected chi connectivity index (χ2v) is 5.37. The number of rotatable bonds is 3. The smallest absolute Gasteiger partial charge is 0.160 e. The summed E-state index contributed by atoms with van der Waals surface area (Å²) < 4.78 is 5.50. The Morgan fingerprint density at radius 3 is 2.24 bits per heavy atom. The maximum absolute atomic E-state index is 5.96. The van der Waals surface area contributed by atoms with E-state index in [2.05, 4.69) is 37.7 Å². The summed E-state index contributed by atoms with van der Waals surface area (Å²) in [5, 5.41) is 0. The van der Waals surface area contributed by atoms with Gasteiger partial charge < -0.3 is 10.5 Å². The largest absolute Gasteiger partial charge is 0.383 e. The average Bonchev–Trinajstić information content (AvgIpc) is 2.15. The minimum absolute atomic E-state index is 0.0542. The fourth-order valence-corrected chi connectivity index (χ4v) is 2.04. The molecule has 0 radical (unpaired) electrons. The first-order valence-corrected chi connectivity index (χ1v) is 5.97. The van der Waals surface area contributed by atoms with Crippen molar-refractivity contribution in [2.75, 3.05) is 12.8 Å². The molecule has 1 aromatic rings. The molecule has 4 nitrogen and oxygen atoms in total. The molecular weight excluding hydrogens is 214 g/mol. The van der Waals surface area contributed by atoms with Gasteiger partial charge in [0.15, 0.2) is 5.82 Å². The van der Waals surface area contributed by atoms with Gasteiger partial charge in [-0.25, -0.2) is 9.97 Å². The van der Waals surface area contributed by atoms with Gasteiger partial charge in [0.1, 0.15) is 11.9 Å². The molecule has 4 heteroatoms. The minimum Gasteiger partial charge on any atom is -0.383 e. The third-order valence-electron chi connectivity index (χ3n) is 2.87. The lowest BCUT2D eigenvalue weighted by Crippen LogP contribution is -2.23.